The predicted octanol–water partition coefficient (Wildman–Crippen LogP) is 3.80. The largest absolute Gasteiger partial charge is 0.282 e. The molecule has 0 aliphatic carbocycles. The molecule has 0 aromatic carbocycles. The van der Waals surface area contributed by atoms with Crippen molar-refractivity contribution in [2.75, 3.05) is 0 Å². The molecule has 0 saturated heterocycles. The molecule has 0 bridgehead atoms. The molecule has 0 spiro atoms. The summed E-state index contributed by atoms with van der Waals surface area (Å²) in [4.78, 5) is 4.13. The van der Waals surface area contributed by atoms with E-state index >= 15 is 0 Å². The SMILES string of the molecule is CC(C)c1ccn[nH]1.CC(C)c1nccs1. The van der Waals surface area contributed by atoms with Crippen molar-refractivity contribution < 1.29 is 0 Å². The van der Waals surface area contributed by atoms with Gasteiger partial charge in [-0.1, -0.05) is 27.7 Å². The van der Waals surface area contributed by atoms with Gasteiger partial charge in [0, 0.05) is 29.4 Å². The van der Waals surface area contributed by atoms with E-state index in [2.05, 4.69) is 42.9 Å². The first-order valence-corrected chi connectivity index (χ1v) is 6.38. The number of rotatable bonds is 2. The third-order valence-corrected chi connectivity index (χ3v) is 3.17. The monoisotopic (exact) mass is 237 g/mol. The van der Waals surface area contributed by atoms with E-state index in [4.69, 9.17) is 0 Å². The maximum Gasteiger partial charge on any atom is 0.0950 e. The van der Waals surface area contributed by atoms with Crippen LogP contribution in [0.2, 0.25) is 0 Å². The molecule has 0 aliphatic heterocycles. The number of aromatic nitrogens is 3. The highest BCUT2D eigenvalue weighted by Crippen LogP contribution is 2.15. The molecule has 0 aliphatic rings. The molecule has 0 atom stereocenters. The number of nitrogens with zero attached hydrogens (tertiary/aromatic N) is 2. The zero-order valence-electron chi connectivity index (χ0n) is 10.3. The van der Waals surface area contributed by atoms with Gasteiger partial charge in [-0.2, -0.15) is 5.10 Å². The Morgan fingerprint density at radius 3 is 2.12 bits per heavy atom. The van der Waals surface area contributed by atoms with Gasteiger partial charge in [-0.25, -0.2) is 4.98 Å². The Labute approximate surface area is 101 Å². The summed E-state index contributed by atoms with van der Waals surface area (Å²) in [6, 6.07) is 1.99. The first kappa shape index (κ1) is 12.9. The number of H-pyrrole nitrogens is 1. The summed E-state index contributed by atoms with van der Waals surface area (Å²) in [5, 5.41) is 9.94. The molecule has 2 rings (SSSR count). The molecule has 2 aromatic heterocycles. The molecule has 88 valence electrons. The van der Waals surface area contributed by atoms with Crippen LogP contribution in [0.25, 0.3) is 0 Å². The summed E-state index contributed by atoms with van der Waals surface area (Å²) in [5.41, 5.74) is 1.20. The van der Waals surface area contributed by atoms with Crippen LogP contribution in [-0.2, 0) is 0 Å². The molecule has 2 aromatic rings. The normalized spacial score (nSPS) is 10.4. The van der Waals surface area contributed by atoms with Gasteiger partial charge in [-0.3, -0.25) is 5.10 Å². The fraction of sp³-hybridized carbons (Fsp3) is 0.500. The predicted molar refractivity (Wildman–Crippen MR) is 68.9 cm³/mol. The number of thiazole rings is 1. The van der Waals surface area contributed by atoms with Crippen molar-refractivity contribution in [3.63, 3.8) is 0 Å². The van der Waals surface area contributed by atoms with Crippen LogP contribution >= 0.6 is 11.3 Å². The standard InChI is InChI=1S/C6H10N2.C6H9NS/c1-5(2)6-3-4-7-8-6;1-5(2)6-7-3-4-8-6/h3-5H,1-2H3,(H,7,8);3-5H,1-2H3. The first-order valence-electron chi connectivity index (χ1n) is 5.50. The van der Waals surface area contributed by atoms with E-state index in [1.54, 1.807) is 17.5 Å². The van der Waals surface area contributed by atoms with Gasteiger partial charge in [0.2, 0.25) is 0 Å². The van der Waals surface area contributed by atoms with Gasteiger partial charge in [-0.05, 0) is 12.0 Å². The Balaban J connectivity index is 0.000000160. The van der Waals surface area contributed by atoms with E-state index in [1.807, 2.05) is 17.6 Å². The van der Waals surface area contributed by atoms with Crippen LogP contribution in [-0.4, -0.2) is 15.2 Å². The van der Waals surface area contributed by atoms with E-state index in [0.717, 1.165) is 0 Å². The van der Waals surface area contributed by atoms with Gasteiger partial charge in [0.15, 0.2) is 0 Å². The van der Waals surface area contributed by atoms with Crippen LogP contribution in [0.3, 0.4) is 0 Å². The van der Waals surface area contributed by atoms with Crippen LogP contribution < -0.4 is 0 Å². The minimum atomic E-state index is 0.567. The highest BCUT2D eigenvalue weighted by molar-refractivity contribution is 7.09. The number of nitrogens with one attached hydrogen (secondary N) is 1. The highest BCUT2D eigenvalue weighted by Gasteiger charge is 1.98. The molecule has 3 nitrogen and oxygen atoms in total. The van der Waals surface area contributed by atoms with E-state index in [9.17, 15) is 0 Å². The molecular weight excluding hydrogens is 218 g/mol. The lowest BCUT2D eigenvalue weighted by Gasteiger charge is -1.95. The van der Waals surface area contributed by atoms with Crippen molar-refractivity contribution in [2.45, 2.75) is 39.5 Å². The van der Waals surface area contributed by atoms with Crippen molar-refractivity contribution in [1.82, 2.24) is 15.2 Å². The zero-order valence-corrected chi connectivity index (χ0v) is 11.1. The molecular formula is C12H19N3S. The third-order valence-electron chi connectivity index (χ3n) is 2.09. The third kappa shape index (κ3) is 4.14. The summed E-state index contributed by atoms with van der Waals surface area (Å²) < 4.78 is 0. The summed E-state index contributed by atoms with van der Waals surface area (Å²) in [6.07, 6.45) is 3.62. The van der Waals surface area contributed by atoms with E-state index in [0.29, 0.717) is 11.8 Å². The van der Waals surface area contributed by atoms with Crippen molar-refractivity contribution in [2.24, 2.45) is 0 Å². The van der Waals surface area contributed by atoms with Crippen LogP contribution in [0.4, 0.5) is 0 Å². The van der Waals surface area contributed by atoms with Crippen molar-refractivity contribution in [3.8, 4) is 0 Å². The summed E-state index contributed by atoms with van der Waals surface area (Å²) in [7, 11) is 0. The fourth-order valence-electron chi connectivity index (χ4n) is 1.11. The topological polar surface area (TPSA) is 41.6 Å². The first-order chi connectivity index (χ1) is 7.61. The second-order valence-electron chi connectivity index (χ2n) is 4.19. The lowest BCUT2D eigenvalue weighted by atomic mass is 10.1. The Morgan fingerprint density at radius 2 is 1.88 bits per heavy atom. The molecule has 2 heterocycles. The second kappa shape index (κ2) is 6.43. The van der Waals surface area contributed by atoms with Crippen LogP contribution in [0.1, 0.15) is 50.2 Å². The lowest BCUT2D eigenvalue weighted by molar-refractivity contribution is 0.810. The molecule has 0 amide bonds. The quantitative estimate of drug-likeness (QED) is 0.863. The lowest BCUT2D eigenvalue weighted by Crippen LogP contribution is -1.85. The molecule has 16 heavy (non-hydrogen) atoms. The van der Waals surface area contributed by atoms with Gasteiger partial charge in [0.05, 0.1) is 5.01 Å². The summed E-state index contributed by atoms with van der Waals surface area (Å²) >= 11 is 1.72. The Kier molecular flexibility index (Phi) is 5.19. The maximum absolute atomic E-state index is 4.13. The van der Waals surface area contributed by atoms with Gasteiger partial charge < -0.3 is 0 Å². The number of hydrogen-bond acceptors (Lipinski definition) is 3. The van der Waals surface area contributed by atoms with E-state index in [-0.39, 0.29) is 0 Å². The highest BCUT2D eigenvalue weighted by atomic mass is 32.1. The molecule has 0 unspecified atom stereocenters. The van der Waals surface area contributed by atoms with Gasteiger partial charge in [0.1, 0.15) is 0 Å². The number of hydrogen-bond donors (Lipinski definition) is 1. The minimum absolute atomic E-state index is 0.567. The average Bonchev–Trinajstić information content (AvgIpc) is 2.93. The van der Waals surface area contributed by atoms with E-state index < -0.39 is 0 Å². The molecule has 0 fully saturated rings. The second-order valence-corrected chi connectivity index (χ2v) is 5.12. The average molecular weight is 237 g/mol. The molecule has 4 heteroatoms. The fourth-order valence-corrected chi connectivity index (χ4v) is 1.76. The van der Waals surface area contributed by atoms with Crippen molar-refractivity contribution in [1.29, 1.82) is 0 Å². The molecule has 1 N–H and O–H groups in total. The summed E-state index contributed by atoms with van der Waals surface area (Å²) in [6.45, 7) is 8.57. The van der Waals surface area contributed by atoms with Crippen molar-refractivity contribution >= 4 is 11.3 Å². The van der Waals surface area contributed by atoms with Gasteiger partial charge in [0.25, 0.3) is 0 Å². The van der Waals surface area contributed by atoms with Crippen LogP contribution in [0.15, 0.2) is 23.8 Å². The smallest absolute Gasteiger partial charge is 0.0950 e. The number of aromatic amines is 1. The Hall–Kier alpha value is -1.16. The van der Waals surface area contributed by atoms with Gasteiger partial charge in [-0.15, -0.1) is 11.3 Å². The van der Waals surface area contributed by atoms with Crippen LogP contribution in [0.5, 0.6) is 0 Å². The summed E-state index contributed by atoms with van der Waals surface area (Å²) in [5.74, 6) is 1.16. The van der Waals surface area contributed by atoms with Crippen LogP contribution in [0, 0.1) is 0 Å². The van der Waals surface area contributed by atoms with E-state index in [1.165, 1.54) is 10.7 Å². The van der Waals surface area contributed by atoms with Crippen molar-refractivity contribution in [3.05, 3.63) is 34.5 Å². The molecule has 0 saturated carbocycles. The Morgan fingerprint density at radius 1 is 1.12 bits per heavy atom. The minimum Gasteiger partial charge on any atom is -0.282 e. The zero-order chi connectivity index (χ0) is 12.0. The Bertz CT molecular complexity index is 325. The maximum atomic E-state index is 4.13. The molecule has 0 radical (unpaired) electrons. The van der Waals surface area contributed by atoms with Gasteiger partial charge >= 0.3 is 0 Å².